The van der Waals surface area contributed by atoms with E-state index in [4.69, 9.17) is 0 Å². The average molecular weight is 288 g/mol. The zero-order valence-corrected chi connectivity index (χ0v) is 11.4. The molecule has 0 unspecified atom stereocenters. The Kier molecular flexibility index (Phi) is 4.16. The van der Waals surface area contributed by atoms with Gasteiger partial charge < -0.3 is 5.11 Å². The Balaban J connectivity index is 2.51. The number of rotatable bonds is 4. The van der Waals surface area contributed by atoms with Crippen molar-refractivity contribution in [2.75, 3.05) is 0 Å². The van der Waals surface area contributed by atoms with Gasteiger partial charge in [-0.05, 0) is 35.9 Å². The number of aliphatic hydroxyl groups is 1. The van der Waals surface area contributed by atoms with E-state index in [0.29, 0.717) is 4.70 Å². The summed E-state index contributed by atoms with van der Waals surface area (Å²) in [6.45, 7) is 1.95. The quantitative estimate of drug-likeness (QED) is 0.860. The van der Waals surface area contributed by atoms with Crippen molar-refractivity contribution >= 4 is 21.4 Å². The molecule has 104 valence electrons. The lowest BCUT2D eigenvalue weighted by Gasteiger charge is -2.06. The summed E-state index contributed by atoms with van der Waals surface area (Å²) in [5.74, 6) is 0. The Labute approximate surface area is 113 Å². The first-order chi connectivity index (χ1) is 8.97. The van der Waals surface area contributed by atoms with Crippen molar-refractivity contribution in [2.24, 2.45) is 0 Å². The van der Waals surface area contributed by atoms with E-state index in [0.717, 1.165) is 41.2 Å². The molecule has 2 aromatic rings. The third-order valence-electron chi connectivity index (χ3n) is 3.13. The minimum absolute atomic E-state index is 0.111. The van der Waals surface area contributed by atoms with Gasteiger partial charge in [-0.15, -0.1) is 11.3 Å². The van der Waals surface area contributed by atoms with E-state index < -0.39 is 11.7 Å². The maximum atomic E-state index is 12.7. The van der Waals surface area contributed by atoms with Gasteiger partial charge in [-0.3, -0.25) is 0 Å². The van der Waals surface area contributed by atoms with Gasteiger partial charge in [0.2, 0.25) is 0 Å². The summed E-state index contributed by atoms with van der Waals surface area (Å²) >= 11 is 1.25. The first-order valence-corrected chi connectivity index (χ1v) is 7.01. The monoisotopic (exact) mass is 288 g/mol. The molecule has 0 spiro atoms. The van der Waals surface area contributed by atoms with Gasteiger partial charge in [-0.25, -0.2) is 0 Å². The zero-order valence-electron chi connectivity index (χ0n) is 10.5. The second-order valence-electron chi connectivity index (χ2n) is 4.47. The van der Waals surface area contributed by atoms with Crippen LogP contribution in [-0.4, -0.2) is 5.11 Å². The number of aliphatic hydroxyl groups excluding tert-OH is 1. The van der Waals surface area contributed by atoms with E-state index in [9.17, 15) is 18.3 Å². The number of hydrogen-bond donors (Lipinski definition) is 1. The Bertz CT molecular complexity index is 572. The number of benzene rings is 1. The largest absolute Gasteiger partial charge is 0.416 e. The number of thiophene rings is 1. The normalized spacial score (nSPS) is 12.3. The van der Waals surface area contributed by atoms with Crippen molar-refractivity contribution < 1.29 is 18.3 Å². The van der Waals surface area contributed by atoms with Gasteiger partial charge in [-0.2, -0.15) is 13.2 Å². The molecule has 0 aliphatic heterocycles. The van der Waals surface area contributed by atoms with Gasteiger partial charge in [0, 0.05) is 9.58 Å². The van der Waals surface area contributed by atoms with Crippen molar-refractivity contribution in [1.29, 1.82) is 0 Å². The Morgan fingerprint density at radius 3 is 2.58 bits per heavy atom. The molecule has 0 saturated heterocycles. The fourth-order valence-corrected chi connectivity index (χ4v) is 3.28. The molecule has 2 rings (SSSR count). The SMILES string of the molecule is CCCCc1c(CO)sc2cc(C(F)(F)F)ccc12. The highest BCUT2D eigenvalue weighted by atomic mass is 32.1. The number of unbranched alkanes of at least 4 members (excludes halogenated alkanes) is 1. The highest BCUT2D eigenvalue weighted by molar-refractivity contribution is 7.19. The van der Waals surface area contributed by atoms with Gasteiger partial charge in [0.25, 0.3) is 0 Å². The zero-order chi connectivity index (χ0) is 14.0. The van der Waals surface area contributed by atoms with Crippen molar-refractivity contribution in [1.82, 2.24) is 0 Å². The Morgan fingerprint density at radius 1 is 1.26 bits per heavy atom. The number of halogens is 3. The number of hydrogen-bond acceptors (Lipinski definition) is 2. The van der Waals surface area contributed by atoms with Crippen molar-refractivity contribution in [3.05, 3.63) is 34.2 Å². The molecule has 1 aromatic heterocycles. The van der Waals surface area contributed by atoms with E-state index in [1.165, 1.54) is 23.5 Å². The molecule has 0 fully saturated rings. The van der Waals surface area contributed by atoms with E-state index in [1.54, 1.807) is 0 Å². The molecule has 0 amide bonds. The molecule has 19 heavy (non-hydrogen) atoms. The summed E-state index contributed by atoms with van der Waals surface area (Å²) in [6, 6.07) is 3.82. The van der Waals surface area contributed by atoms with Crippen LogP contribution in [0, 0.1) is 0 Å². The maximum Gasteiger partial charge on any atom is 0.416 e. The molecule has 5 heteroatoms. The van der Waals surface area contributed by atoms with Gasteiger partial charge >= 0.3 is 6.18 Å². The molecule has 1 heterocycles. The fourth-order valence-electron chi connectivity index (χ4n) is 2.13. The predicted molar refractivity (Wildman–Crippen MR) is 71.4 cm³/mol. The van der Waals surface area contributed by atoms with Crippen LogP contribution in [0.15, 0.2) is 18.2 Å². The molecule has 0 bridgehead atoms. The lowest BCUT2D eigenvalue weighted by atomic mass is 10.0. The van der Waals surface area contributed by atoms with Crippen LogP contribution < -0.4 is 0 Å². The summed E-state index contributed by atoms with van der Waals surface area (Å²) < 4.78 is 38.6. The molecule has 0 aliphatic carbocycles. The predicted octanol–water partition coefficient (Wildman–Crippen LogP) is 4.76. The van der Waals surface area contributed by atoms with Crippen LogP contribution in [-0.2, 0) is 19.2 Å². The summed E-state index contributed by atoms with van der Waals surface area (Å²) in [5.41, 5.74) is 0.367. The molecule has 0 saturated carbocycles. The molecular weight excluding hydrogens is 273 g/mol. The number of fused-ring (bicyclic) bond motifs is 1. The molecule has 1 aromatic carbocycles. The van der Waals surface area contributed by atoms with Crippen LogP contribution >= 0.6 is 11.3 Å². The highest BCUT2D eigenvalue weighted by Gasteiger charge is 2.30. The van der Waals surface area contributed by atoms with Gasteiger partial charge in [0.15, 0.2) is 0 Å². The molecule has 1 N–H and O–H groups in total. The maximum absolute atomic E-state index is 12.7. The summed E-state index contributed by atoms with van der Waals surface area (Å²) in [4.78, 5) is 0.780. The molecular formula is C14H15F3OS. The Morgan fingerprint density at radius 2 is 2.00 bits per heavy atom. The van der Waals surface area contributed by atoms with Crippen LogP contribution in [0.25, 0.3) is 10.1 Å². The lowest BCUT2D eigenvalue weighted by Crippen LogP contribution is -2.03. The Hall–Kier alpha value is -1.07. The van der Waals surface area contributed by atoms with Crippen molar-refractivity contribution in [3.63, 3.8) is 0 Å². The summed E-state index contributed by atoms with van der Waals surface area (Å²) in [5, 5.41) is 10.2. The van der Waals surface area contributed by atoms with Crippen molar-refractivity contribution in [2.45, 2.75) is 39.0 Å². The molecule has 0 radical (unpaired) electrons. The third-order valence-corrected chi connectivity index (χ3v) is 4.31. The van der Waals surface area contributed by atoms with E-state index in [2.05, 4.69) is 6.92 Å². The van der Waals surface area contributed by atoms with Gasteiger partial charge in [-0.1, -0.05) is 19.4 Å². The van der Waals surface area contributed by atoms with Crippen molar-refractivity contribution in [3.8, 4) is 0 Å². The minimum atomic E-state index is -4.32. The van der Waals surface area contributed by atoms with Gasteiger partial charge in [0.05, 0.1) is 12.2 Å². The summed E-state index contributed by atoms with van der Waals surface area (Å²) in [7, 11) is 0. The summed E-state index contributed by atoms with van der Waals surface area (Å²) in [6.07, 6.45) is -1.53. The van der Waals surface area contributed by atoms with Crippen LogP contribution in [0.4, 0.5) is 13.2 Å². The number of alkyl halides is 3. The first-order valence-electron chi connectivity index (χ1n) is 6.19. The third kappa shape index (κ3) is 2.92. The van der Waals surface area contributed by atoms with E-state index >= 15 is 0 Å². The standard InChI is InChI=1S/C14H15F3OS/c1-2-3-4-10-11-6-5-9(14(15,16)17)7-12(11)19-13(10)8-18/h5-7,18H,2-4,8H2,1H3. The van der Waals surface area contributed by atoms with E-state index in [-0.39, 0.29) is 6.61 Å². The highest BCUT2D eigenvalue weighted by Crippen LogP contribution is 2.37. The first kappa shape index (κ1) is 14.3. The molecule has 0 aliphatic rings. The van der Waals surface area contributed by atoms with E-state index in [1.807, 2.05) is 0 Å². The molecule has 0 atom stereocenters. The second kappa shape index (κ2) is 5.51. The second-order valence-corrected chi connectivity index (χ2v) is 5.61. The molecule has 1 nitrogen and oxygen atoms in total. The minimum Gasteiger partial charge on any atom is -0.391 e. The van der Waals surface area contributed by atoms with Crippen LogP contribution in [0.3, 0.4) is 0 Å². The van der Waals surface area contributed by atoms with Crippen LogP contribution in [0.1, 0.15) is 35.8 Å². The lowest BCUT2D eigenvalue weighted by molar-refractivity contribution is -0.137. The smallest absolute Gasteiger partial charge is 0.391 e. The van der Waals surface area contributed by atoms with Crippen LogP contribution in [0.2, 0.25) is 0 Å². The fraction of sp³-hybridized carbons (Fsp3) is 0.429. The van der Waals surface area contributed by atoms with Crippen LogP contribution in [0.5, 0.6) is 0 Å². The van der Waals surface area contributed by atoms with Gasteiger partial charge in [0.1, 0.15) is 0 Å². The average Bonchev–Trinajstić information content (AvgIpc) is 2.72. The number of aryl methyl sites for hydroxylation is 1. The topological polar surface area (TPSA) is 20.2 Å².